The summed E-state index contributed by atoms with van der Waals surface area (Å²) in [6.07, 6.45) is 1.27. The monoisotopic (exact) mass is 476 g/mol. The van der Waals surface area contributed by atoms with Crippen LogP contribution < -0.4 is 0 Å². The average molecular weight is 477 g/mol. The maximum Gasteiger partial charge on any atom is 0.222 e. The molecule has 9 heteroatoms. The van der Waals surface area contributed by atoms with Gasteiger partial charge in [0.25, 0.3) is 0 Å². The molecule has 0 bridgehead atoms. The van der Waals surface area contributed by atoms with Gasteiger partial charge >= 0.3 is 0 Å². The maximum atomic E-state index is 12.4. The molecule has 0 saturated carbocycles. The Hall–Kier alpha value is -2.06. The zero-order valence-corrected chi connectivity index (χ0v) is 19.2. The second kappa shape index (κ2) is 10.5. The van der Waals surface area contributed by atoms with E-state index in [-0.39, 0.29) is 5.91 Å². The minimum atomic E-state index is 0.180. The molecular formula is C22H22Cl2N4O2S. The molecule has 4 rings (SSSR count). The quantitative estimate of drug-likeness (QED) is 0.355. The first-order valence-corrected chi connectivity index (χ1v) is 11.8. The number of nitrogens with zero attached hydrogens (tertiary/aromatic N) is 4. The maximum absolute atomic E-state index is 12.4. The van der Waals surface area contributed by atoms with Crippen LogP contribution in [0.2, 0.25) is 10.0 Å². The lowest BCUT2D eigenvalue weighted by atomic mass is 10.2. The zero-order valence-electron chi connectivity index (χ0n) is 16.8. The van der Waals surface area contributed by atoms with E-state index in [0.717, 1.165) is 34.4 Å². The van der Waals surface area contributed by atoms with Crippen LogP contribution in [0.4, 0.5) is 0 Å². The third-order valence-electron chi connectivity index (χ3n) is 4.96. The van der Waals surface area contributed by atoms with E-state index in [1.165, 1.54) is 0 Å². The first-order valence-electron chi connectivity index (χ1n) is 10.1. The summed E-state index contributed by atoms with van der Waals surface area (Å²) in [5.74, 6) is 1.66. The first kappa shape index (κ1) is 22.1. The molecule has 1 aliphatic rings. The molecule has 31 heavy (non-hydrogen) atoms. The Morgan fingerprint density at radius 1 is 1.03 bits per heavy atom. The van der Waals surface area contributed by atoms with Gasteiger partial charge in [-0.25, -0.2) is 0 Å². The third kappa shape index (κ3) is 5.41. The van der Waals surface area contributed by atoms with E-state index in [9.17, 15) is 4.79 Å². The van der Waals surface area contributed by atoms with Gasteiger partial charge in [0.05, 0.1) is 28.9 Å². The van der Waals surface area contributed by atoms with Gasteiger partial charge in [0.2, 0.25) is 5.91 Å². The number of aromatic nitrogens is 3. The molecule has 0 N–H and O–H groups in total. The molecule has 0 unspecified atom stereocenters. The van der Waals surface area contributed by atoms with Gasteiger partial charge in [-0.3, -0.25) is 9.36 Å². The van der Waals surface area contributed by atoms with Crippen LogP contribution in [-0.2, 0) is 9.53 Å². The summed E-state index contributed by atoms with van der Waals surface area (Å²) in [5, 5.41) is 10.6. The van der Waals surface area contributed by atoms with Crippen molar-refractivity contribution in [3.63, 3.8) is 0 Å². The molecule has 0 spiro atoms. The van der Waals surface area contributed by atoms with Crippen LogP contribution in [0.1, 0.15) is 12.8 Å². The van der Waals surface area contributed by atoms with Crippen molar-refractivity contribution >= 4 is 40.9 Å². The first-order chi connectivity index (χ1) is 15.1. The molecule has 2 heterocycles. The number of halogens is 2. The molecule has 162 valence electrons. The Morgan fingerprint density at radius 2 is 1.81 bits per heavy atom. The summed E-state index contributed by atoms with van der Waals surface area (Å²) >= 11 is 14.0. The van der Waals surface area contributed by atoms with E-state index < -0.39 is 0 Å². The normalized spacial score (nSPS) is 14.1. The van der Waals surface area contributed by atoms with E-state index in [4.69, 9.17) is 27.9 Å². The molecule has 0 atom stereocenters. The van der Waals surface area contributed by atoms with Gasteiger partial charge in [-0.05, 0) is 24.6 Å². The minimum absolute atomic E-state index is 0.180. The Balaban J connectivity index is 1.50. The van der Waals surface area contributed by atoms with Crippen LogP contribution in [0.3, 0.4) is 0 Å². The van der Waals surface area contributed by atoms with E-state index in [0.29, 0.717) is 42.8 Å². The Morgan fingerprint density at radius 3 is 2.55 bits per heavy atom. The summed E-state index contributed by atoms with van der Waals surface area (Å²) in [6, 6.07) is 15.4. The van der Waals surface area contributed by atoms with E-state index in [1.807, 2.05) is 51.9 Å². The van der Waals surface area contributed by atoms with Crippen LogP contribution in [0, 0.1) is 0 Å². The third-order valence-corrected chi connectivity index (χ3v) is 6.71. The van der Waals surface area contributed by atoms with Crippen LogP contribution >= 0.6 is 35.0 Å². The average Bonchev–Trinajstić information content (AvgIpc) is 3.23. The molecule has 1 amide bonds. The number of thioether (sulfide) groups is 1. The van der Waals surface area contributed by atoms with Gasteiger partial charge < -0.3 is 9.64 Å². The van der Waals surface area contributed by atoms with Gasteiger partial charge in [0.15, 0.2) is 11.0 Å². The molecule has 2 aromatic carbocycles. The highest BCUT2D eigenvalue weighted by atomic mass is 35.5. The summed E-state index contributed by atoms with van der Waals surface area (Å²) in [5.41, 5.74) is 1.79. The van der Waals surface area contributed by atoms with Crippen molar-refractivity contribution in [2.24, 2.45) is 0 Å². The van der Waals surface area contributed by atoms with Crippen LogP contribution in [0.25, 0.3) is 17.1 Å². The summed E-state index contributed by atoms with van der Waals surface area (Å²) in [4.78, 5) is 14.2. The minimum Gasteiger partial charge on any atom is -0.378 e. The fourth-order valence-corrected chi connectivity index (χ4v) is 4.54. The molecule has 6 nitrogen and oxygen atoms in total. The van der Waals surface area contributed by atoms with Gasteiger partial charge in [0.1, 0.15) is 0 Å². The number of hydrogen-bond donors (Lipinski definition) is 0. The van der Waals surface area contributed by atoms with Crippen molar-refractivity contribution in [1.82, 2.24) is 19.7 Å². The predicted molar refractivity (Wildman–Crippen MR) is 124 cm³/mol. The summed E-state index contributed by atoms with van der Waals surface area (Å²) in [6.45, 7) is 2.60. The van der Waals surface area contributed by atoms with E-state index >= 15 is 0 Å². The summed E-state index contributed by atoms with van der Waals surface area (Å²) in [7, 11) is 0. The smallest absolute Gasteiger partial charge is 0.222 e. The number of benzene rings is 2. The molecule has 1 fully saturated rings. The molecule has 1 aliphatic heterocycles. The van der Waals surface area contributed by atoms with Crippen molar-refractivity contribution in [3.05, 3.63) is 58.6 Å². The number of hydrogen-bond acceptors (Lipinski definition) is 5. The Labute approximate surface area is 195 Å². The van der Waals surface area contributed by atoms with E-state index in [1.54, 1.807) is 17.8 Å². The zero-order chi connectivity index (χ0) is 21.6. The highest BCUT2D eigenvalue weighted by Crippen LogP contribution is 2.31. The highest BCUT2D eigenvalue weighted by Gasteiger charge is 2.19. The van der Waals surface area contributed by atoms with Crippen LogP contribution in [0.5, 0.6) is 0 Å². The SMILES string of the molecule is O=C(CCCSc1nnc(-c2ccccc2)n1-c1ccc(Cl)c(Cl)c1)N1CCOCC1. The molecule has 1 saturated heterocycles. The number of morpholine rings is 1. The summed E-state index contributed by atoms with van der Waals surface area (Å²) < 4.78 is 7.29. The largest absolute Gasteiger partial charge is 0.378 e. The Bertz CT molecular complexity index is 1040. The van der Waals surface area contributed by atoms with Gasteiger partial charge in [-0.15, -0.1) is 10.2 Å². The van der Waals surface area contributed by atoms with Crippen molar-refractivity contribution in [3.8, 4) is 17.1 Å². The van der Waals surface area contributed by atoms with Crippen molar-refractivity contribution in [2.75, 3.05) is 32.1 Å². The molecule has 1 aromatic heterocycles. The molecule has 0 aliphatic carbocycles. The molecular weight excluding hydrogens is 455 g/mol. The van der Waals surface area contributed by atoms with Crippen molar-refractivity contribution in [2.45, 2.75) is 18.0 Å². The lowest BCUT2D eigenvalue weighted by Crippen LogP contribution is -2.40. The second-order valence-electron chi connectivity index (χ2n) is 7.05. The number of carbonyl (C=O) groups excluding carboxylic acids is 1. The van der Waals surface area contributed by atoms with Crippen molar-refractivity contribution < 1.29 is 9.53 Å². The van der Waals surface area contributed by atoms with E-state index in [2.05, 4.69) is 10.2 Å². The Kier molecular flexibility index (Phi) is 7.50. The molecule has 3 aromatic rings. The van der Waals surface area contributed by atoms with Crippen molar-refractivity contribution in [1.29, 1.82) is 0 Å². The lowest BCUT2D eigenvalue weighted by molar-refractivity contribution is -0.135. The number of rotatable bonds is 7. The lowest BCUT2D eigenvalue weighted by Gasteiger charge is -2.26. The number of carbonyl (C=O) groups is 1. The fourth-order valence-electron chi connectivity index (χ4n) is 3.35. The molecule has 0 radical (unpaired) electrons. The topological polar surface area (TPSA) is 60.2 Å². The number of amides is 1. The number of ether oxygens (including phenoxy) is 1. The fraction of sp³-hybridized carbons (Fsp3) is 0.318. The van der Waals surface area contributed by atoms with Crippen LogP contribution in [0.15, 0.2) is 53.7 Å². The van der Waals surface area contributed by atoms with Crippen LogP contribution in [-0.4, -0.2) is 57.6 Å². The standard InChI is InChI=1S/C22H22Cl2N4O2S/c23-18-9-8-17(15-19(18)24)28-21(16-5-2-1-3-6-16)25-26-22(28)31-14-4-7-20(29)27-10-12-30-13-11-27/h1-3,5-6,8-9,15H,4,7,10-14H2. The van der Waals surface area contributed by atoms with Gasteiger partial charge in [-0.1, -0.05) is 65.3 Å². The second-order valence-corrected chi connectivity index (χ2v) is 8.93. The highest BCUT2D eigenvalue weighted by molar-refractivity contribution is 7.99. The predicted octanol–water partition coefficient (Wildman–Crippen LogP) is 4.97. The van der Waals surface area contributed by atoms with Gasteiger partial charge in [-0.2, -0.15) is 0 Å². The van der Waals surface area contributed by atoms with Gasteiger partial charge in [0, 0.05) is 30.8 Å².